The second-order valence-corrected chi connectivity index (χ2v) is 8.28. The van der Waals surface area contributed by atoms with E-state index in [1.165, 1.54) is 4.57 Å². The first-order valence-electron chi connectivity index (χ1n) is 9.73. The van der Waals surface area contributed by atoms with E-state index in [-0.39, 0.29) is 37.5 Å². The van der Waals surface area contributed by atoms with Crippen molar-refractivity contribution in [1.82, 2.24) is 4.57 Å². The van der Waals surface area contributed by atoms with E-state index in [0.717, 1.165) is 5.56 Å². The Morgan fingerprint density at radius 1 is 0.606 bits per heavy atom. The van der Waals surface area contributed by atoms with Crippen molar-refractivity contribution in [3.63, 3.8) is 0 Å². The first-order chi connectivity index (χ1) is 15.8. The summed E-state index contributed by atoms with van der Waals surface area (Å²) >= 11 is 3.17. The lowest BCUT2D eigenvalue weighted by Crippen LogP contribution is -2.07. The second-order valence-electron chi connectivity index (χ2n) is 7.49. The number of phenolic OH excluding ortho intramolecular Hbond substituents is 6. The lowest BCUT2D eigenvalue weighted by atomic mass is 9.92. The average Bonchev–Trinajstić information content (AvgIpc) is 3.20. The topological polar surface area (TPSA) is 126 Å². The Morgan fingerprint density at radius 2 is 1.15 bits per heavy atom. The van der Waals surface area contributed by atoms with Crippen LogP contribution in [0.2, 0.25) is 0 Å². The van der Waals surface area contributed by atoms with E-state index in [2.05, 4.69) is 15.9 Å². The molecule has 0 saturated heterocycles. The van der Waals surface area contributed by atoms with E-state index in [1.54, 1.807) is 12.1 Å². The minimum Gasteiger partial charge on any atom is -0.508 e. The van der Waals surface area contributed by atoms with Crippen LogP contribution in [0.15, 0.2) is 59.1 Å². The van der Waals surface area contributed by atoms with Crippen LogP contribution in [0, 0.1) is 0 Å². The van der Waals surface area contributed by atoms with Gasteiger partial charge in [-0.05, 0) is 33.0 Å². The molecule has 6 N–H and O–H groups in total. The predicted molar refractivity (Wildman–Crippen MR) is 129 cm³/mol. The second kappa shape index (κ2) is 7.28. The minimum absolute atomic E-state index is 0.00109. The third kappa shape index (κ3) is 2.75. The Morgan fingerprint density at radius 3 is 1.85 bits per heavy atom. The van der Waals surface area contributed by atoms with E-state index in [9.17, 15) is 30.6 Å². The van der Waals surface area contributed by atoms with Crippen molar-refractivity contribution in [3.05, 3.63) is 59.1 Å². The maximum absolute atomic E-state index is 11.0. The van der Waals surface area contributed by atoms with Gasteiger partial charge in [0.15, 0.2) is 17.2 Å². The van der Waals surface area contributed by atoms with Crippen LogP contribution >= 0.6 is 15.9 Å². The van der Waals surface area contributed by atoms with Gasteiger partial charge in [-0.25, -0.2) is 0 Å². The molecule has 0 spiro atoms. The molecule has 7 nitrogen and oxygen atoms in total. The molecule has 0 unspecified atom stereocenters. The zero-order valence-electron chi connectivity index (χ0n) is 16.8. The molecule has 5 aromatic rings. The maximum Gasteiger partial charge on any atom is 0.206 e. The van der Waals surface area contributed by atoms with Gasteiger partial charge in [0.25, 0.3) is 0 Å². The number of aromatic hydroxyl groups is 6. The van der Waals surface area contributed by atoms with Crippen LogP contribution in [0.5, 0.6) is 34.5 Å². The van der Waals surface area contributed by atoms with Gasteiger partial charge in [0, 0.05) is 5.56 Å². The first-order valence-corrected chi connectivity index (χ1v) is 10.5. The SMILES string of the molecule is [B]c1c(Br)c(O)c2c(c1O)c1c(O)c(O)c(O)c(O)c1n2-c1ccccc1-c1ccccc1. The molecule has 2 radical (unpaired) electrons. The molecule has 33 heavy (non-hydrogen) atoms. The minimum atomic E-state index is -0.976. The number of halogens is 1. The van der Waals surface area contributed by atoms with Gasteiger partial charge in [-0.2, -0.15) is 0 Å². The summed E-state index contributed by atoms with van der Waals surface area (Å²) in [4.78, 5) is 0. The highest BCUT2D eigenvalue weighted by Gasteiger charge is 2.31. The summed E-state index contributed by atoms with van der Waals surface area (Å²) in [5, 5.41) is 63.6. The molecule has 9 heteroatoms. The molecule has 162 valence electrons. The lowest BCUT2D eigenvalue weighted by molar-refractivity contribution is 0.350. The van der Waals surface area contributed by atoms with Crippen LogP contribution in [-0.4, -0.2) is 43.1 Å². The van der Waals surface area contributed by atoms with Crippen LogP contribution in [0.3, 0.4) is 0 Å². The van der Waals surface area contributed by atoms with Crippen molar-refractivity contribution >= 4 is 51.0 Å². The van der Waals surface area contributed by atoms with Crippen molar-refractivity contribution in [2.45, 2.75) is 0 Å². The number of nitrogens with zero attached hydrogens (tertiary/aromatic N) is 1. The van der Waals surface area contributed by atoms with Gasteiger partial charge in [-0.3, -0.25) is 0 Å². The van der Waals surface area contributed by atoms with Crippen molar-refractivity contribution in [2.24, 2.45) is 0 Å². The number of fused-ring (bicyclic) bond motifs is 3. The smallest absolute Gasteiger partial charge is 0.206 e. The summed E-state index contributed by atoms with van der Waals surface area (Å²) in [6.07, 6.45) is 0. The molecule has 0 aliphatic rings. The molecular weight excluding hydrogens is 489 g/mol. The molecule has 4 aromatic carbocycles. The molecule has 0 aliphatic carbocycles. The lowest BCUT2D eigenvalue weighted by Gasteiger charge is -2.16. The summed E-state index contributed by atoms with van der Waals surface area (Å²) in [6, 6.07) is 16.4. The number of hydrogen-bond acceptors (Lipinski definition) is 6. The molecule has 0 fully saturated rings. The fourth-order valence-corrected chi connectivity index (χ4v) is 4.55. The Bertz CT molecular complexity index is 1520. The maximum atomic E-state index is 11.0. The highest BCUT2D eigenvalue weighted by atomic mass is 79.9. The molecule has 0 aliphatic heterocycles. The Labute approximate surface area is 196 Å². The Balaban J connectivity index is 2.11. The number of benzene rings is 4. The van der Waals surface area contributed by atoms with Crippen LogP contribution < -0.4 is 5.46 Å². The van der Waals surface area contributed by atoms with Crippen molar-refractivity contribution in [1.29, 1.82) is 0 Å². The van der Waals surface area contributed by atoms with Crippen LogP contribution in [0.4, 0.5) is 0 Å². The zero-order valence-corrected chi connectivity index (χ0v) is 18.4. The fraction of sp³-hybridized carbons (Fsp3) is 0. The third-order valence-electron chi connectivity index (χ3n) is 5.70. The molecular formula is C24H15BBrNO6. The molecule has 5 rings (SSSR count). The number of hydrogen-bond donors (Lipinski definition) is 6. The van der Waals surface area contributed by atoms with Gasteiger partial charge in [-0.15, -0.1) is 0 Å². The van der Waals surface area contributed by atoms with Crippen molar-refractivity contribution in [2.75, 3.05) is 0 Å². The van der Waals surface area contributed by atoms with E-state index in [0.29, 0.717) is 11.3 Å². The van der Waals surface area contributed by atoms with Gasteiger partial charge in [0.2, 0.25) is 11.5 Å². The van der Waals surface area contributed by atoms with Crippen molar-refractivity contribution in [3.8, 4) is 51.3 Å². The summed E-state index contributed by atoms with van der Waals surface area (Å²) in [7, 11) is 5.94. The highest BCUT2D eigenvalue weighted by molar-refractivity contribution is 9.10. The van der Waals surface area contributed by atoms with E-state index >= 15 is 0 Å². The number of rotatable bonds is 2. The zero-order chi connectivity index (χ0) is 23.6. The van der Waals surface area contributed by atoms with Gasteiger partial charge >= 0.3 is 0 Å². The van der Waals surface area contributed by atoms with Gasteiger partial charge < -0.3 is 35.2 Å². The average molecular weight is 504 g/mol. The van der Waals surface area contributed by atoms with Crippen LogP contribution in [0.25, 0.3) is 38.6 Å². The van der Waals surface area contributed by atoms with Crippen molar-refractivity contribution < 1.29 is 30.6 Å². The molecule has 0 atom stereocenters. The summed E-state index contributed by atoms with van der Waals surface area (Å²) < 4.78 is 1.39. The van der Waals surface area contributed by atoms with Gasteiger partial charge in [0.05, 0.1) is 20.9 Å². The first kappa shape index (κ1) is 20.9. The quantitative estimate of drug-likeness (QED) is 0.121. The van der Waals surface area contributed by atoms with E-state index in [1.807, 2.05) is 42.5 Å². The monoisotopic (exact) mass is 503 g/mol. The molecule has 0 bridgehead atoms. The summed E-state index contributed by atoms with van der Waals surface area (Å²) in [5.74, 6) is -4.35. The Hall–Kier alpha value is -3.98. The molecule has 0 saturated carbocycles. The standard InChI is InChI=1S/C24H15BBrNO6/c25-15-16(26)21(30)17-13(19(15)28)14-18(22(31)24(33)23(32)20(14)29)27(17)12-9-5-4-8-11(12)10-6-2-1-3-7-10/h1-9,28-33H. The number of para-hydroxylation sites is 1. The largest absolute Gasteiger partial charge is 0.508 e. The number of aromatic nitrogens is 1. The normalized spacial score (nSPS) is 11.4. The van der Waals surface area contributed by atoms with Crippen LogP contribution in [0.1, 0.15) is 0 Å². The summed E-state index contributed by atoms with van der Waals surface area (Å²) in [5.41, 5.74) is 1.59. The Kier molecular flexibility index (Phi) is 4.61. The molecule has 1 heterocycles. The van der Waals surface area contributed by atoms with Gasteiger partial charge in [0.1, 0.15) is 24.6 Å². The fourth-order valence-electron chi connectivity index (χ4n) is 4.18. The molecule has 1 aromatic heterocycles. The number of phenols is 6. The van der Waals surface area contributed by atoms with E-state index < -0.39 is 28.7 Å². The van der Waals surface area contributed by atoms with E-state index in [4.69, 9.17) is 7.85 Å². The summed E-state index contributed by atoms with van der Waals surface area (Å²) in [6.45, 7) is 0. The van der Waals surface area contributed by atoms with Crippen LogP contribution in [-0.2, 0) is 0 Å². The third-order valence-corrected chi connectivity index (χ3v) is 6.50. The predicted octanol–water partition coefficient (Wildman–Crippen LogP) is 4.24. The highest BCUT2D eigenvalue weighted by Crippen LogP contribution is 2.55. The molecule has 0 amide bonds. The van der Waals surface area contributed by atoms with Gasteiger partial charge in [-0.1, -0.05) is 48.5 Å².